The first-order valence-electron chi connectivity index (χ1n) is 4.15. The van der Waals surface area contributed by atoms with E-state index in [9.17, 15) is 9.67 Å². The summed E-state index contributed by atoms with van der Waals surface area (Å²) in [5.41, 5.74) is 0.758. The lowest BCUT2D eigenvalue weighted by atomic mass is 10.1. The second kappa shape index (κ2) is 5.12. The third kappa shape index (κ3) is 3.68. The Balaban J connectivity index is 2.26. The monoisotopic (exact) mass is 202 g/mol. The quantitative estimate of drug-likeness (QED) is 0.634. The molecule has 0 amide bonds. The van der Waals surface area contributed by atoms with Gasteiger partial charge >= 0.3 is 8.03 Å². The molecule has 0 aliphatic heterocycles. The van der Waals surface area contributed by atoms with Gasteiger partial charge in [-0.3, -0.25) is 0 Å². The van der Waals surface area contributed by atoms with Crippen molar-refractivity contribution in [3.05, 3.63) is 24.0 Å². The summed E-state index contributed by atoms with van der Waals surface area (Å²) in [6, 6.07) is 3.61. The second-order valence-corrected chi connectivity index (χ2v) is 4.01. The van der Waals surface area contributed by atoms with Gasteiger partial charge in [-0.1, -0.05) is 0 Å². The van der Waals surface area contributed by atoms with Crippen LogP contribution in [0.3, 0.4) is 0 Å². The number of aliphatic hydroxyl groups excluding tert-OH is 1. The molecule has 0 spiro atoms. The zero-order chi connectivity index (χ0) is 9.68. The van der Waals surface area contributed by atoms with E-state index < -0.39 is 14.1 Å². The van der Waals surface area contributed by atoms with E-state index in [0.29, 0.717) is 12.8 Å². The summed E-state index contributed by atoms with van der Waals surface area (Å²) in [5.74, 6) is 0. The van der Waals surface area contributed by atoms with Crippen LogP contribution in [0.4, 0.5) is 0 Å². The van der Waals surface area contributed by atoms with E-state index in [1.54, 1.807) is 12.3 Å². The molecule has 0 bridgehead atoms. The number of aromatic nitrogens is 1. The first-order valence-corrected chi connectivity index (χ1v) is 5.55. The number of hydrogen-bond donors (Lipinski definition) is 3. The molecule has 2 unspecified atom stereocenters. The lowest BCUT2D eigenvalue weighted by Gasteiger charge is -2.05. The highest BCUT2D eigenvalue weighted by molar-refractivity contribution is 7.37. The third-order valence-electron chi connectivity index (χ3n) is 1.81. The molecule has 1 heterocycles. The maximum absolute atomic E-state index is 10.3. The fourth-order valence-electron chi connectivity index (χ4n) is 1.13. The smallest absolute Gasteiger partial charge is 0.387 e. The second-order valence-electron chi connectivity index (χ2n) is 2.86. The van der Waals surface area contributed by atoms with Crippen LogP contribution in [0.2, 0.25) is 0 Å². The van der Waals surface area contributed by atoms with Crippen LogP contribution in [0.15, 0.2) is 18.3 Å². The molecule has 5 heteroatoms. The summed E-state index contributed by atoms with van der Waals surface area (Å²) >= 11 is 0. The van der Waals surface area contributed by atoms with E-state index in [1.807, 2.05) is 6.07 Å². The Morgan fingerprint density at radius 1 is 1.62 bits per heavy atom. The van der Waals surface area contributed by atoms with E-state index in [-0.39, 0.29) is 6.16 Å². The summed E-state index contributed by atoms with van der Waals surface area (Å²) in [5, 5.41) is 9.51. The van der Waals surface area contributed by atoms with Crippen LogP contribution >= 0.6 is 8.03 Å². The normalized spacial score (nSPS) is 14.2. The zero-order valence-corrected chi connectivity index (χ0v) is 8.08. The Hall–Kier alpha value is -0.700. The average Bonchev–Trinajstić information content (AvgIpc) is 2.55. The molecule has 72 valence electrons. The van der Waals surface area contributed by atoms with Gasteiger partial charge in [0.15, 0.2) is 6.16 Å². The highest BCUT2D eigenvalue weighted by Gasteiger charge is 2.13. The van der Waals surface area contributed by atoms with Crippen molar-refractivity contribution in [1.82, 2.24) is 4.98 Å². The van der Waals surface area contributed by atoms with Crippen LogP contribution in [0.1, 0.15) is 24.6 Å². The molecule has 0 saturated heterocycles. The first-order chi connectivity index (χ1) is 6.20. The van der Waals surface area contributed by atoms with E-state index in [0.717, 1.165) is 5.69 Å². The van der Waals surface area contributed by atoms with Gasteiger partial charge in [0.05, 0.1) is 6.10 Å². The fourth-order valence-corrected chi connectivity index (χ4v) is 1.58. The lowest BCUT2D eigenvalue weighted by molar-refractivity contribution is 0.162. The minimum Gasteiger partial charge on any atom is -0.387 e. The topological polar surface area (TPSA) is 73.3 Å². The molecule has 1 aromatic rings. The Labute approximate surface area is 77.5 Å². The summed E-state index contributed by atoms with van der Waals surface area (Å²) in [6.45, 7) is 0. The van der Waals surface area contributed by atoms with Crippen molar-refractivity contribution < 1.29 is 14.6 Å². The molecule has 4 nitrogen and oxygen atoms in total. The van der Waals surface area contributed by atoms with Gasteiger partial charge in [-0.15, -0.1) is 0 Å². The molecule has 0 fully saturated rings. The standard InChI is InChI=1S/C8H12NO3P/c10-8(4-2-6-13(11)12)7-3-1-5-9-7/h1,3,5,8-10H,2,4,6H2/p+1. The van der Waals surface area contributed by atoms with Crippen molar-refractivity contribution in [2.75, 3.05) is 6.16 Å². The molecule has 1 rings (SSSR count). The molecule has 0 saturated carbocycles. The molecule has 0 aliphatic carbocycles. The van der Waals surface area contributed by atoms with Crippen molar-refractivity contribution in [2.24, 2.45) is 0 Å². The van der Waals surface area contributed by atoms with E-state index in [4.69, 9.17) is 4.89 Å². The predicted molar refractivity (Wildman–Crippen MR) is 49.7 cm³/mol. The third-order valence-corrected chi connectivity index (χ3v) is 2.51. The van der Waals surface area contributed by atoms with Crippen LogP contribution in [-0.2, 0) is 4.57 Å². The maximum atomic E-state index is 10.3. The minimum atomic E-state index is -2.06. The summed E-state index contributed by atoms with van der Waals surface area (Å²) in [7, 11) is -2.06. The van der Waals surface area contributed by atoms with Gasteiger partial charge in [0.1, 0.15) is 0 Å². The average molecular weight is 202 g/mol. The van der Waals surface area contributed by atoms with Crippen LogP contribution in [0.5, 0.6) is 0 Å². The molecule has 0 radical (unpaired) electrons. The molecule has 3 N–H and O–H groups in total. The van der Waals surface area contributed by atoms with Gasteiger partial charge in [-0.05, 0) is 29.5 Å². The maximum Gasteiger partial charge on any atom is 0.505 e. The van der Waals surface area contributed by atoms with Crippen molar-refractivity contribution in [3.8, 4) is 0 Å². The van der Waals surface area contributed by atoms with Crippen LogP contribution in [0.25, 0.3) is 0 Å². The number of aromatic amines is 1. The first kappa shape index (κ1) is 10.4. The summed E-state index contributed by atoms with van der Waals surface area (Å²) in [4.78, 5) is 11.4. The zero-order valence-electron chi connectivity index (χ0n) is 7.18. The Bertz CT molecular complexity index is 260. The number of rotatable bonds is 5. The van der Waals surface area contributed by atoms with Crippen molar-refractivity contribution in [2.45, 2.75) is 18.9 Å². The number of H-pyrrole nitrogens is 1. The molecular weight excluding hydrogens is 189 g/mol. The molecule has 1 aromatic heterocycles. The number of hydrogen-bond acceptors (Lipinski definition) is 2. The van der Waals surface area contributed by atoms with Crippen molar-refractivity contribution in [3.63, 3.8) is 0 Å². The Morgan fingerprint density at radius 3 is 2.92 bits per heavy atom. The van der Waals surface area contributed by atoms with Crippen LogP contribution in [0, 0.1) is 0 Å². The van der Waals surface area contributed by atoms with Gasteiger partial charge in [0.2, 0.25) is 0 Å². The molecule has 13 heavy (non-hydrogen) atoms. The Morgan fingerprint density at radius 2 is 2.38 bits per heavy atom. The number of aliphatic hydroxyl groups is 1. The van der Waals surface area contributed by atoms with Crippen molar-refractivity contribution >= 4 is 8.03 Å². The van der Waals surface area contributed by atoms with Gasteiger partial charge in [-0.25, -0.2) is 0 Å². The van der Waals surface area contributed by atoms with Gasteiger partial charge in [0.25, 0.3) is 0 Å². The minimum absolute atomic E-state index is 0.257. The van der Waals surface area contributed by atoms with Gasteiger partial charge in [-0.2, -0.15) is 4.89 Å². The van der Waals surface area contributed by atoms with Gasteiger partial charge < -0.3 is 10.1 Å². The molecule has 0 aromatic carbocycles. The predicted octanol–water partition coefficient (Wildman–Crippen LogP) is 1.56. The van der Waals surface area contributed by atoms with Crippen molar-refractivity contribution in [1.29, 1.82) is 0 Å². The number of nitrogens with one attached hydrogen (secondary N) is 1. The van der Waals surface area contributed by atoms with Crippen LogP contribution < -0.4 is 0 Å². The highest BCUT2D eigenvalue weighted by Crippen LogP contribution is 2.21. The highest BCUT2D eigenvalue weighted by atomic mass is 31.1. The fraction of sp³-hybridized carbons (Fsp3) is 0.500. The SMILES string of the molecule is O=[P+](O)CCCC(O)c1ccc[nH]1. The van der Waals surface area contributed by atoms with E-state index in [1.165, 1.54) is 0 Å². The Kier molecular flexibility index (Phi) is 4.09. The summed E-state index contributed by atoms with van der Waals surface area (Å²) < 4.78 is 10.3. The van der Waals surface area contributed by atoms with E-state index in [2.05, 4.69) is 4.98 Å². The summed E-state index contributed by atoms with van der Waals surface area (Å²) in [6.07, 6.45) is 2.52. The van der Waals surface area contributed by atoms with Gasteiger partial charge in [0, 0.05) is 11.9 Å². The molecular formula is C8H13NO3P+. The molecule has 2 atom stereocenters. The molecule has 0 aliphatic rings. The van der Waals surface area contributed by atoms with E-state index >= 15 is 0 Å². The lowest BCUT2D eigenvalue weighted by Crippen LogP contribution is -1.98. The van der Waals surface area contributed by atoms with Crippen LogP contribution in [-0.4, -0.2) is 21.1 Å². The largest absolute Gasteiger partial charge is 0.505 e.